The van der Waals surface area contributed by atoms with Gasteiger partial charge in [0.05, 0.1) is 16.8 Å². The minimum Gasteiger partial charge on any atom is -0.363 e. The van der Waals surface area contributed by atoms with E-state index in [9.17, 15) is 18.0 Å². The van der Waals surface area contributed by atoms with Crippen LogP contribution in [0.2, 0.25) is 0 Å². The first-order valence-corrected chi connectivity index (χ1v) is 9.12. The Hall–Kier alpha value is -2.88. The second-order valence-electron chi connectivity index (χ2n) is 5.62. The van der Waals surface area contributed by atoms with E-state index in [4.69, 9.17) is 0 Å². The second-order valence-corrected chi connectivity index (χ2v) is 6.68. The first kappa shape index (κ1) is 24.2. The van der Waals surface area contributed by atoms with Gasteiger partial charge in [-0.15, -0.1) is 0 Å². The van der Waals surface area contributed by atoms with Crippen molar-refractivity contribution < 1.29 is 18.0 Å². The van der Waals surface area contributed by atoms with Crippen LogP contribution in [0.25, 0.3) is 0 Å². The van der Waals surface area contributed by atoms with E-state index in [1.807, 2.05) is 14.1 Å². The molecule has 0 N–H and O–H groups in total. The number of carbonyl (C=O) groups excluding carboxylic acids is 1. The van der Waals surface area contributed by atoms with Crippen LogP contribution in [0, 0.1) is 0 Å². The van der Waals surface area contributed by atoms with Crippen LogP contribution in [0.4, 0.5) is 19.0 Å². The van der Waals surface area contributed by atoms with Crippen molar-refractivity contribution >= 4 is 29.8 Å². The van der Waals surface area contributed by atoms with Gasteiger partial charge in [-0.25, -0.2) is 9.97 Å². The van der Waals surface area contributed by atoms with Crippen LogP contribution < -0.4 is 4.90 Å². The summed E-state index contributed by atoms with van der Waals surface area (Å²) in [4.78, 5) is 28.0. The topological polar surface area (TPSA) is 61.7 Å². The molecule has 29 heavy (non-hydrogen) atoms. The Labute approximate surface area is 172 Å². The van der Waals surface area contributed by atoms with E-state index in [0.29, 0.717) is 21.8 Å². The first-order chi connectivity index (χ1) is 13.6. The quantitative estimate of drug-likeness (QED) is 0.156. The number of anilines is 1. The molecule has 0 fully saturated rings. The molecule has 0 saturated carbocycles. The molecule has 10 heteroatoms. The zero-order chi connectivity index (χ0) is 22.0. The third-order valence-electron chi connectivity index (χ3n) is 3.32. The fraction of sp³-hybridized carbons (Fsp3) is 0.263. The van der Waals surface area contributed by atoms with Gasteiger partial charge in [0.2, 0.25) is 0 Å². The summed E-state index contributed by atoms with van der Waals surface area (Å²) in [6.45, 7) is 4.83. The molecule has 0 aromatic carbocycles. The van der Waals surface area contributed by atoms with Gasteiger partial charge in [0, 0.05) is 33.4 Å². The minimum absolute atomic E-state index is 0.321. The molecular formula is C19H22F3N5OS. The van der Waals surface area contributed by atoms with E-state index >= 15 is 0 Å². The number of alkyl halides is 3. The van der Waals surface area contributed by atoms with Crippen LogP contribution in [-0.2, 0) is 4.79 Å². The number of hydrogen-bond acceptors (Lipinski definition) is 6. The molecule has 1 rings (SSSR count). The molecule has 0 bridgehead atoms. The molecule has 156 valence electrons. The standard InChI is InChI=1S/C19H22F3N5OS/c1-6-14(19(20,21)22)9-8-10-27(13-23-3)18(28)15(7-2)29-17-11-16(26(4)5)24-12-25-17/h6-13H,1H2,2-5H3/b10-8+,14-9+,15-7-,23-13?. The van der Waals surface area contributed by atoms with E-state index in [-0.39, 0.29) is 0 Å². The van der Waals surface area contributed by atoms with Crippen molar-refractivity contribution in [3.63, 3.8) is 0 Å². The van der Waals surface area contributed by atoms with Gasteiger partial charge >= 0.3 is 6.18 Å². The lowest BCUT2D eigenvalue weighted by molar-refractivity contribution is -0.120. The molecule has 0 spiro atoms. The Balaban J connectivity index is 3.07. The molecule has 0 aliphatic carbocycles. The molecule has 0 atom stereocenters. The summed E-state index contributed by atoms with van der Waals surface area (Å²) < 4.78 is 38.3. The molecule has 0 aliphatic rings. The molecular weight excluding hydrogens is 403 g/mol. The van der Waals surface area contributed by atoms with Crippen LogP contribution in [0.1, 0.15) is 6.92 Å². The maximum Gasteiger partial charge on any atom is 0.416 e. The summed E-state index contributed by atoms with van der Waals surface area (Å²) in [5.41, 5.74) is -0.924. The summed E-state index contributed by atoms with van der Waals surface area (Å²) in [5.74, 6) is 0.205. The number of thioether (sulfide) groups is 1. The lowest BCUT2D eigenvalue weighted by Gasteiger charge is -2.15. The fourth-order valence-electron chi connectivity index (χ4n) is 1.90. The number of amides is 1. The van der Waals surface area contributed by atoms with Gasteiger partial charge in [0.15, 0.2) is 0 Å². The Morgan fingerprint density at radius 2 is 2.00 bits per heavy atom. The molecule has 0 radical (unpaired) electrons. The van der Waals surface area contributed by atoms with Gasteiger partial charge in [-0.1, -0.05) is 30.5 Å². The van der Waals surface area contributed by atoms with Crippen molar-refractivity contribution in [3.05, 3.63) is 60.0 Å². The number of hydrogen-bond donors (Lipinski definition) is 0. The predicted octanol–water partition coefficient (Wildman–Crippen LogP) is 4.21. The second kappa shape index (κ2) is 11.2. The SMILES string of the molecule is C=C/C(=C\C=C\N(C=NC)C(=O)/C(=C/C)Sc1cc(N(C)C)ncn1)C(F)(F)F. The van der Waals surface area contributed by atoms with Crippen LogP contribution in [0.15, 0.2) is 70.0 Å². The molecule has 0 unspecified atom stereocenters. The molecule has 1 aromatic rings. The number of aromatic nitrogens is 2. The third kappa shape index (κ3) is 7.57. The van der Waals surface area contributed by atoms with Crippen molar-refractivity contribution in [2.75, 3.05) is 26.0 Å². The van der Waals surface area contributed by atoms with Crippen molar-refractivity contribution in [2.24, 2.45) is 4.99 Å². The van der Waals surface area contributed by atoms with E-state index in [0.717, 1.165) is 28.8 Å². The van der Waals surface area contributed by atoms with E-state index in [1.165, 1.54) is 25.9 Å². The number of nitrogens with zero attached hydrogens (tertiary/aromatic N) is 5. The van der Waals surface area contributed by atoms with E-state index in [1.54, 1.807) is 24.0 Å². The number of halogens is 3. The monoisotopic (exact) mass is 425 g/mol. The summed E-state index contributed by atoms with van der Waals surface area (Å²) in [7, 11) is 5.11. The Morgan fingerprint density at radius 3 is 2.52 bits per heavy atom. The zero-order valence-corrected chi connectivity index (χ0v) is 17.3. The highest BCUT2D eigenvalue weighted by atomic mass is 32.2. The van der Waals surface area contributed by atoms with Crippen molar-refractivity contribution in [1.29, 1.82) is 0 Å². The van der Waals surface area contributed by atoms with Crippen molar-refractivity contribution in [3.8, 4) is 0 Å². The molecule has 1 amide bonds. The van der Waals surface area contributed by atoms with Gasteiger partial charge in [0.1, 0.15) is 17.2 Å². The number of rotatable bonds is 8. The highest BCUT2D eigenvalue weighted by Crippen LogP contribution is 2.28. The highest BCUT2D eigenvalue weighted by molar-refractivity contribution is 8.04. The van der Waals surface area contributed by atoms with Crippen LogP contribution in [0.5, 0.6) is 0 Å². The van der Waals surface area contributed by atoms with E-state index in [2.05, 4.69) is 21.5 Å². The Bertz CT molecular complexity index is 844. The maximum atomic E-state index is 12.8. The maximum absolute atomic E-state index is 12.8. The van der Waals surface area contributed by atoms with Gasteiger partial charge in [0.25, 0.3) is 5.91 Å². The molecule has 0 saturated heterocycles. The van der Waals surface area contributed by atoms with Crippen molar-refractivity contribution in [1.82, 2.24) is 14.9 Å². The van der Waals surface area contributed by atoms with Crippen LogP contribution >= 0.6 is 11.8 Å². The smallest absolute Gasteiger partial charge is 0.363 e. The Morgan fingerprint density at radius 1 is 1.31 bits per heavy atom. The summed E-state index contributed by atoms with van der Waals surface area (Å²) in [6, 6.07) is 1.72. The summed E-state index contributed by atoms with van der Waals surface area (Å²) in [5, 5.41) is 0.549. The molecule has 0 aliphatic heterocycles. The summed E-state index contributed by atoms with van der Waals surface area (Å²) >= 11 is 1.12. The minimum atomic E-state index is -4.53. The van der Waals surface area contributed by atoms with Gasteiger partial charge < -0.3 is 4.90 Å². The number of allylic oxidation sites excluding steroid dienone is 5. The van der Waals surface area contributed by atoms with Gasteiger partial charge in [-0.05, 0) is 19.1 Å². The highest BCUT2D eigenvalue weighted by Gasteiger charge is 2.30. The fourth-order valence-corrected chi connectivity index (χ4v) is 2.70. The lowest BCUT2D eigenvalue weighted by atomic mass is 10.2. The van der Waals surface area contributed by atoms with E-state index < -0.39 is 17.7 Å². The van der Waals surface area contributed by atoms with Gasteiger partial charge in [-0.3, -0.25) is 14.7 Å². The Kier molecular flexibility index (Phi) is 9.33. The van der Waals surface area contributed by atoms with Gasteiger partial charge in [-0.2, -0.15) is 13.2 Å². The lowest BCUT2D eigenvalue weighted by Crippen LogP contribution is -2.25. The number of carbonyl (C=O) groups is 1. The average molecular weight is 425 g/mol. The molecule has 1 aromatic heterocycles. The molecule has 6 nitrogen and oxygen atoms in total. The number of aliphatic imine (C=N–C) groups is 1. The first-order valence-electron chi connectivity index (χ1n) is 8.30. The molecule has 1 heterocycles. The van der Waals surface area contributed by atoms with Crippen LogP contribution in [-0.4, -0.2) is 54.4 Å². The normalized spacial score (nSPS) is 13.2. The predicted molar refractivity (Wildman–Crippen MR) is 111 cm³/mol. The van der Waals surface area contributed by atoms with Crippen molar-refractivity contribution in [2.45, 2.75) is 18.1 Å². The van der Waals surface area contributed by atoms with Crippen LogP contribution in [0.3, 0.4) is 0 Å². The third-order valence-corrected chi connectivity index (χ3v) is 4.38. The average Bonchev–Trinajstić information content (AvgIpc) is 2.67. The summed E-state index contributed by atoms with van der Waals surface area (Å²) in [6.07, 6.45) is 3.50. The largest absolute Gasteiger partial charge is 0.416 e. The zero-order valence-electron chi connectivity index (χ0n) is 16.5.